The topological polar surface area (TPSA) is 20.2 Å². The van der Waals surface area contributed by atoms with Crippen molar-refractivity contribution in [3.63, 3.8) is 0 Å². The minimum absolute atomic E-state index is 0.0436. The van der Waals surface area contributed by atoms with Crippen molar-refractivity contribution in [2.75, 3.05) is 0 Å². The first kappa shape index (κ1) is 32.3. The van der Waals surface area contributed by atoms with E-state index in [1.165, 1.54) is 107 Å². The van der Waals surface area contributed by atoms with Gasteiger partial charge in [0.2, 0.25) is 0 Å². The number of phenolic OH excluding ortho intramolecular Hbond substituents is 1. The zero-order valence-electron chi connectivity index (χ0n) is 27.9. The quantitative estimate of drug-likeness (QED) is 0.336. The summed E-state index contributed by atoms with van der Waals surface area (Å²) in [6, 6.07) is 4.81. The molecular formula is C38H64OS. The van der Waals surface area contributed by atoms with Gasteiger partial charge in [0, 0.05) is 22.1 Å². The van der Waals surface area contributed by atoms with Crippen LogP contribution in [0.4, 0.5) is 0 Å². The lowest BCUT2D eigenvalue weighted by molar-refractivity contribution is -0.0589. The monoisotopic (exact) mass is 568 g/mol. The summed E-state index contributed by atoms with van der Waals surface area (Å²) in [5, 5.41) is 12.8. The average molecular weight is 569 g/mol. The minimum Gasteiger partial charge on any atom is -0.507 e. The molecule has 0 radical (unpaired) electrons. The first-order chi connectivity index (χ1) is 18.6. The number of benzene rings is 1. The first-order valence-electron chi connectivity index (χ1n) is 17.1. The third-order valence-electron chi connectivity index (χ3n) is 10.8. The Labute approximate surface area is 253 Å². The van der Waals surface area contributed by atoms with Gasteiger partial charge in [0.15, 0.2) is 0 Å². The largest absolute Gasteiger partial charge is 0.507 e. The lowest BCUT2D eigenvalue weighted by Gasteiger charge is -2.59. The van der Waals surface area contributed by atoms with Gasteiger partial charge >= 0.3 is 0 Å². The summed E-state index contributed by atoms with van der Waals surface area (Å²) < 4.78 is 0. The van der Waals surface area contributed by atoms with E-state index in [0.717, 1.165) is 28.8 Å². The van der Waals surface area contributed by atoms with Crippen LogP contribution in [0.25, 0.3) is 0 Å². The second-order valence-corrected chi connectivity index (χ2v) is 18.7. The molecular weight excluding hydrogens is 504 g/mol. The van der Waals surface area contributed by atoms with Crippen molar-refractivity contribution < 1.29 is 5.11 Å². The fourth-order valence-electron chi connectivity index (χ4n) is 10.2. The van der Waals surface area contributed by atoms with Crippen molar-refractivity contribution in [3.8, 4) is 5.75 Å². The van der Waals surface area contributed by atoms with E-state index >= 15 is 0 Å². The minimum atomic E-state index is 0.0436. The number of fused-ring (bicyclic) bond motifs is 2. The standard InChI is InChI=1S/C38H64OS/c1-27(2)19-36(8)21-29-22-37(9,26-38(23-29,25-36)20-28(3)4)33-18-31(35(5,6)7)17-30(34(33)39)24-40-32-15-13-11-10-12-14-16-32/h17-18,27-29,32,39H,10-16,19-26H2,1-9H3. The van der Waals surface area contributed by atoms with Gasteiger partial charge in [-0.2, -0.15) is 11.8 Å². The maximum Gasteiger partial charge on any atom is 0.123 e. The van der Waals surface area contributed by atoms with E-state index in [0.29, 0.717) is 16.6 Å². The molecule has 1 aromatic rings. The van der Waals surface area contributed by atoms with Crippen LogP contribution >= 0.6 is 11.8 Å². The van der Waals surface area contributed by atoms with Crippen LogP contribution in [0.5, 0.6) is 5.75 Å². The van der Waals surface area contributed by atoms with Crippen LogP contribution in [0, 0.1) is 28.6 Å². The summed E-state index contributed by atoms with van der Waals surface area (Å²) in [4.78, 5) is 0. The molecule has 2 bridgehead atoms. The summed E-state index contributed by atoms with van der Waals surface area (Å²) in [6.07, 6.45) is 19.0. The number of thioether (sulfide) groups is 1. The van der Waals surface area contributed by atoms with E-state index in [9.17, 15) is 5.11 Å². The molecule has 40 heavy (non-hydrogen) atoms. The van der Waals surface area contributed by atoms with Crippen LogP contribution in [0.2, 0.25) is 0 Å². The maximum atomic E-state index is 12.1. The SMILES string of the molecule is CC(C)CC1(C)CC2CC(CC(C)C)(C1)CC(C)(c1cc(C(C)(C)C)cc(CSC3CCCCCCC3)c1O)C2. The van der Waals surface area contributed by atoms with Gasteiger partial charge in [0.1, 0.15) is 5.75 Å². The average Bonchev–Trinajstić information content (AvgIpc) is 2.75. The summed E-state index contributed by atoms with van der Waals surface area (Å²) in [6.45, 7) is 21.9. The number of aromatic hydroxyl groups is 1. The van der Waals surface area contributed by atoms with Gasteiger partial charge in [-0.05, 0) is 103 Å². The Morgan fingerprint density at radius 3 is 2.08 bits per heavy atom. The van der Waals surface area contributed by atoms with Crippen molar-refractivity contribution >= 4 is 11.8 Å². The Balaban J connectivity index is 1.68. The summed E-state index contributed by atoms with van der Waals surface area (Å²) in [7, 11) is 0. The lowest BCUT2D eigenvalue weighted by atomic mass is 9.46. The fraction of sp³-hybridized carbons (Fsp3) is 0.842. The molecule has 0 saturated heterocycles. The van der Waals surface area contributed by atoms with E-state index in [2.05, 4.69) is 86.2 Å². The molecule has 228 valence electrons. The zero-order chi connectivity index (χ0) is 29.3. The molecule has 0 aromatic heterocycles. The molecule has 1 N–H and O–H groups in total. The first-order valence-corrected chi connectivity index (χ1v) is 18.2. The van der Waals surface area contributed by atoms with Crippen molar-refractivity contribution in [2.24, 2.45) is 28.6 Å². The second-order valence-electron chi connectivity index (χ2n) is 17.5. The zero-order valence-corrected chi connectivity index (χ0v) is 28.7. The molecule has 0 spiro atoms. The van der Waals surface area contributed by atoms with Crippen LogP contribution in [0.1, 0.15) is 169 Å². The molecule has 4 rings (SSSR count). The van der Waals surface area contributed by atoms with Crippen molar-refractivity contribution in [1.82, 2.24) is 0 Å². The van der Waals surface area contributed by atoms with Crippen molar-refractivity contribution in [1.29, 1.82) is 0 Å². The van der Waals surface area contributed by atoms with Gasteiger partial charge in [-0.1, -0.05) is 107 Å². The third-order valence-corrected chi connectivity index (χ3v) is 12.2. The predicted octanol–water partition coefficient (Wildman–Crippen LogP) is 12.0. The molecule has 0 amide bonds. The predicted molar refractivity (Wildman–Crippen MR) is 178 cm³/mol. The van der Waals surface area contributed by atoms with Crippen LogP contribution in [0.3, 0.4) is 0 Å². The Morgan fingerprint density at radius 1 is 0.850 bits per heavy atom. The van der Waals surface area contributed by atoms with Gasteiger partial charge in [-0.3, -0.25) is 0 Å². The fourth-order valence-corrected chi connectivity index (χ4v) is 11.5. The molecule has 4 atom stereocenters. The Hall–Kier alpha value is -0.630. The maximum absolute atomic E-state index is 12.1. The Kier molecular flexibility index (Phi) is 10.1. The highest BCUT2D eigenvalue weighted by Crippen LogP contribution is 2.64. The molecule has 1 nitrogen and oxygen atoms in total. The van der Waals surface area contributed by atoms with Crippen molar-refractivity contribution in [3.05, 3.63) is 28.8 Å². The normalized spacial score (nSPS) is 32.3. The number of phenols is 1. The second kappa shape index (κ2) is 12.5. The van der Waals surface area contributed by atoms with Crippen LogP contribution in [-0.4, -0.2) is 10.4 Å². The van der Waals surface area contributed by atoms with Gasteiger partial charge in [-0.15, -0.1) is 0 Å². The van der Waals surface area contributed by atoms with E-state index in [4.69, 9.17) is 0 Å². The lowest BCUT2D eigenvalue weighted by Crippen LogP contribution is -2.49. The highest BCUT2D eigenvalue weighted by Gasteiger charge is 2.54. The molecule has 3 fully saturated rings. The number of hydrogen-bond donors (Lipinski definition) is 1. The van der Waals surface area contributed by atoms with E-state index < -0.39 is 0 Å². The van der Waals surface area contributed by atoms with Gasteiger partial charge in [0.05, 0.1) is 0 Å². The smallest absolute Gasteiger partial charge is 0.123 e. The molecule has 2 heteroatoms. The third kappa shape index (κ3) is 7.85. The summed E-state index contributed by atoms with van der Waals surface area (Å²) in [5.74, 6) is 3.83. The highest BCUT2D eigenvalue weighted by molar-refractivity contribution is 7.99. The number of rotatable bonds is 8. The molecule has 3 saturated carbocycles. The van der Waals surface area contributed by atoms with Gasteiger partial charge in [-0.25, -0.2) is 0 Å². The van der Waals surface area contributed by atoms with E-state index in [-0.39, 0.29) is 10.8 Å². The summed E-state index contributed by atoms with van der Waals surface area (Å²) >= 11 is 2.13. The van der Waals surface area contributed by atoms with E-state index in [1.54, 1.807) is 0 Å². The molecule has 1 aromatic carbocycles. The molecule has 0 aliphatic heterocycles. The van der Waals surface area contributed by atoms with Gasteiger partial charge in [0.25, 0.3) is 0 Å². The van der Waals surface area contributed by atoms with Crippen molar-refractivity contribution in [2.45, 2.75) is 174 Å². The molecule has 0 heterocycles. The Morgan fingerprint density at radius 2 is 1.48 bits per heavy atom. The van der Waals surface area contributed by atoms with Crippen LogP contribution in [0.15, 0.2) is 12.1 Å². The molecule has 3 aliphatic carbocycles. The molecule has 3 aliphatic rings. The number of hydrogen-bond acceptors (Lipinski definition) is 2. The highest BCUT2D eigenvalue weighted by atomic mass is 32.2. The van der Waals surface area contributed by atoms with Crippen LogP contribution < -0.4 is 0 Å². The van der Waals surface area contributed by atoms with Gasteiger partial charge < -0.3 is 5.11 Å². The Bertz CT molecular complexity index is 974. The van der Waals surface area contributed by atoms with Crippen LogP contribution in [-0.2, 0) is 16.6 Å². The van der Waals surface area contributed by atoms with E-state index in [1.807, 2.05) is 0 Å². The molecule has 4 unspecified atom stereocenters. The summed E-state index contributed by atoms with van der Waals surface area (Å²) in [5.41, 5.74) is 4.87.